The van der Waals surface area contributed by atoms with Crippen LogP contribution in [0, 0.1) is 12.8 Å². The van der Waals surface area contributed by atoms with E-state index in [0.717, 1.165) is 41.4 Å². The van der Waals surface area contributed by atoms with Gasteiger partial charge in [-0.25, -0.2) is 14.5 Å². The maximum Gasteiger partial charge on any atom is 0.333 e. The number of ether oxygens (including phenoxy) is 1. The normalized spacial score (nSPS) is 14.8. The Balaban J connectivity index is 1.70. The van der Waals surface area contributed by atoms with E-state index in [2.05, 4.69) is 17.2 Å². The molecule has 2 amide bonds. The van der Waals surface area contributed by atoms with Gasteiger partial charge < -0.3 is 19.6 Å². The largest absolute Gasteiger partial charge is 0.481 e. The molecule has 1 atom stereocenters. The minimum Gasteiger partial charge on any atom is -0.481 e. The van der Waals surface area contributed by atoms with Crippen LogP contribution in [0.4, 0.5) is 10.5 Å². The fourth-order valence-electron chi connectivity index (χ4n) is 4.17. The second-order valence-electron chi connectivity index (χ2n) is 9.76. The first-order valence-corrected chi connectivity index (χ1v) is 13.2. The number of carbonyl (C=O) groups excluding carboxylic acids is 1. The first-order chi connectivity index (χ1) is 16.9. The van der Waals surface area contributed by atoms with Crippen LogP contribution in [0.5, 0.6) is 5.88 Å². The van der Waals surface area contributed by atoms with Crippen LogP contribution in [0.3, 0.4) is 0 Å². The standard InChI is InChI=1S/C26H31N3O6S/c1-15-10-20(16(2)17-6-7-17)24(21(11-15)18-8-9-27-22(12-18)34-5)28-25(30)29-36(32,33)23-13-19(14-35-23)26(3,4)31/h8-14,16-17,31H,6-7H2,1-5H3,(H2,28,29,30). The summed E-state index contributed by atoms with van der Waals surface area (Å²) in [7, 11) is -2.80. The third-order valence-corrected chi connectivity index (χ3v) is 7.60. The van der Waals surface area contributed by atoms with Crippen molar-refractivity contribution >= 4 is 21.7 Å². The van der Waals surface area contributed by atoms with E-state index < -0.39 is 26.7 Å². The highest BCUT2D eigenvalue weighted by molar-refractivity contribution is 7.89. The molecular weight excluding hydrogens is 482 g/mol. The second-order valence-corrected chi connectivity index (χ2v) is 11.4. The zero-order chi connectivity index (χ0) is 26.3. The molecule has 0 saturated heterocycles. The summed E-state index contributed by atoms with van der Waals surface area (Å²) in [6.45, 7) is 7.11. The highest BCUT2D eigenvalue weighted by Gasteiger charge is 2.32. The van der Waals surface area contributed by atoms with Crippen molar-refractivity contribution in [3.05, 3.63) is 59.5 Å². The number of nitrogens with one attached hydrogen (secondary N) is 2. The van der Waals surface area contributed by atoms with Crippen molar-refractivity contribution in [3.63, 3.8) is 0 Å². The molecule has 10 heteroatoms. The van der Waals surface area contributed by atoms with Gasteiger partial charge in [-0.15, -0.1) is 0 Å². The molecule has 0 bridgehead atoms. The number of amides is 2. The van der Waals surface area contributed by atoms with E-state index in [1.54, 1.807) is 12.3 Å². The average Bonchev–Trinajstić information content (AvgIpc) is 3.52. The quantitative estimate of drug-likeness (QED) is 0.390. The molecule has 0 aliphatic heterocycles. The van der Waals surface area contributed by atoms with Crippen LogP contribution >= 0.6 is 0 Å². The Hall–Kier alpha value is -3.37. The van der Waals surface area contributed by atoms with Crippen molar-refractivity contribution in [2.24, 2.45) is 5.92 Å². The second kappa shape index (κ2) is 9.59. The van der Waals surface area contributed by atoms with Crippen molar-refractivity contribution in [2.45, 2.75) is 57.1 Å². The van der Waals surface area contributed by atoms with E-state index in [9.17, 15) is 18.3 Å². The summed E-state index contributed by atoms with van der Waals surface area (Å²) < 4.78 is 38.1. The predicted molar refractivity (Wildman–Crippen MR) is 135 cm³/mol. The Morgan fingerprint density at radius 3 is 2.58 bits per heavy atom. The van der Waals surface area contributed by atoms with Crippen molar-refractivity contribution in [2.75, 3.05) is 12.4 Å². The molecule has 1 aliphatic rings. The summed E-state index contributed by atoms with van der Waals surface area (Å²) in [6, 6.07) is 7.80. The molecule has 3 aromatic rings. The zero-order valence-corrected chi connectivity index (χ0v) is 21.8. The van der Waals surface area contributed by atoms with Crippen LogP contribution in [0.1, 0.15) is 56.2 Å². The molecule has 9 nitrogen and oxygen atoms in total. The molecule has 1 unspecified atom stereocenters. The lowest BCUT2D eigenvalue weighted by molar-refractivity contribution is 0.0779. The van der Waals surface area contributed by atoms with Gasteiger partial charge in [0.05, 0.1) is 24.7 Å². The number of carbonyl (C=O) groups is 1. The lowest BCUT2D eigenvalue weighted by Crippen LogP contribution is -2.34. The summed E-state index contributed by atoms with van der Waals surface area (Å²) in [5, 5.41) is 12.4. The summed E-state index contributed by atoms with van der Waals surface area (Å²) >= 11 is 0. The van der Waals surface area contributed by atoms with E-state index in [1.807, 2.05) is 29.8 Å². The van der Waals surface area contributed by atoms with Gasteiger partial charge in [0.1, 0.15) is 0 Å². The van der Waals surface area contributed by atoms with Crippen molar-refractivity contribution in [1.82, 2.24) is 9.71 Å². The number of hydrogen-bond donors (Lipinski definition) is 3. The topological polar surface area (TPSA) is 131 Å². The Bertz CT molecular complexity index is 1390. The number of pyridine rings is 1. The minimum absolute atomic E-state index is 0.165. The number of rotatable bonds is 8. The molecular formula is C26H31N3O6S. The number of urea groups is 1. The molecule has 4 rings (SSSR count). The lowest BCUT2D eigenvalue weighted by Gasteiger charge is -2.22. The Kier molecular flexibility index (Phi) is 6.85. The van der Waals surface area contributed by atoms with E-state index in [0.29, 0.717) is 17.5 Å². The van der Waals surface area contributed by atoms with Crippen molar-refractivity contribution in [3.8, 4) is 17.0 Å². The molecule has 36 heavy (non-hydrogen) atoms. The van der Waals surface area contributed by atoms with Gasteiger partial charge >= 0.3 is 6.03 Å². The Labute approximate surface area is 210 Å². The number of aromatic nitrogens is 1. The Morgan fingerprint density at radius 2 is 1.97 bits per heavy atom. The van der Waals surface area contributed by atoms with Crippen LogP contribution in [0.15, 0.2) is 52.3 Å². The summed E-state index contributed by atoms with van der Waals surface area (Å²) in [6.07, 6.45) is 4.98. The fourth-order valence-corrected chi connectivity index (χ4v) is 5.02. The van der Waals surface area contributed by atoms with Gasteiger partial charge in [0.15, 0.2) is 0 Å². The van der Waals surface area contributed by atoms with E-state index in [1.165, 1.54) is 27.0 Å². The number of anilines is 1. The van der Waals surface area contributed by atoms with Crippen LogP contribution in [-0.4, -0.2) is 31.6 Å². The van der Waals surface area contributed by atoms with Crippen LogP contribution < -0.4 is 14.8 Å². The molecule has 1 aromatic carbocycles. The van der Waals surface area contributed by atoms with Gasteiger partial charge in [0.25, 0.3) is 10.0 Å². The molecule has 3 N–H and O–H groups in total. The van der Waals surface area contributed by atoms with Gasteiger partial charge in [0, 0.05) is 29.5 Å². The SMILES string of the molecule is COc1cc(-c2cc(C)cc(C(C)C3CC3)c2NC(=O)NS(=O)(=O)c2cc(C(C)(C)O)co2)ccn1. The number of methoxy groups -OCH3 is 1. The van der Waals surface area contributed by atoms with E-state index >= 15 is 0 Å². The van der Waals surface area contributed by atoms with E-state index in [-0.39, 0.29) is 11.5 Å². The maximum absolute atomic E-state index is 13.0. The summed E-state index contributed by atoms with van der Waals surface area (Å²) in [5.41, 5.74) is 2.95. The molecule has 2 heterocycles. The molecule has 2 aromatic heterocycles. The highest BCUT2D eigenvalue weighted by atomic mass is 32.2. The number of nitrogens with zero attached hydrogens (tertiary/aromatic N) is 1. The van der Waals surface area contributed by atoms with Crippen molar-refractivity contribution < 1.29 is 27.5 Å². The monoisotopic (exact) mass is 513 g/mol. The number of aryl methyl sites for hydroxylation is 1. The van der Waals surface area contributed by atoms with Gasteiger partial charge in [-0.05, 0) is 68.7 Å². The summed E-state index contributed by atoms with van der Waals surface area (Å²) in [4.78, 5) is 17.2. The van der Waals surface area contributed by atoms with Crippen LogP contribution in [-0.2, 0) is 15.6 Å². The van der Waals surface area contributed by atoms with Crippen molar-refractivity contribution in [1.29, 1.82) is 0 Å². The number of benzene rings is 1. The van der Waals surface area contributed by atoms with E-state index in [4.69, 9.17) is 9.15 Å². The predicted octanol–water partition coefficient (Wildman–Crippen LogP) is 4.91. The van der Waals surface area contributed by atoms with Crippen LogP contribution in [0.2, 0.25) is 0 Å². The first-order valence-electron chi connectivity index (χ1n) is 11.7. The zero-order valence-electron chi connectivity index (χ0n) is 21.0. The first kappa shape index (κ1) is 25.7. The third kappa shape index (κ3) is 5.55. The molecule has 1 fully saturated rings. The highest BCUT2D eigenvalue weighted by Crippen LogP contribution is 2.47. The van der Waals surface area contributed by atoms with Gasteiger partial charge in [-0.2, -0.15) is 8.42 Å². The lowest BCUT2D eigenvalue weighted by atomic mass is 9.89. The fraction of sp³-hybridized carbons (Fsp3) is 0.385. The number of furan rings is 1. The van der Waals surface area contributed by atoms with Gasteiger partial charge in [-0.3, -0.25) is 0 Å². The molecule has 1 saturated carbocycles. The minimum atomic E-state index is -4.32. The van der Waals surface area contributed by atoms with Gasteiger partial charge in [0.2, 0.25) is 11.0 Å². The molecule has 0 spiro atoms. The maximum atomic E-state index is 13.0. The molecule has 0 radical (unpaired) electrons. The molecule has 1 aliphatic carbocycles. The summed E-state index contributed by atoms with van der Waals surface area (Å²) in [5.74, 6) is 1.09. The Morgan fingerprint density at radius 1 is 1.25 bits per heavy atom. The number of aliphatic hydroxyl groups is 1. The third-order valence-electron chi connectivity index (χ3n) is 6.40. The smallest absolute Gasteiger partial charge is 0.333 e. The molecule has 192 valence electrons. The average molecular weight is 514 g/mol. The van der Waals surface area contributed by atoms with Gasteiger partial charge in [-0.1, -0.05) is 18.6 Å². The number of hydrogen-bond acceptors (Lipinski definition) is 7. The number of sulfonamides is 1. The van der Waals surface area contributed by atoms with Crippen LogP contribution in [0.25, 0.3) is 11.1 Å².